The van der Waals surface area contributed by atoms with E-state index in [9.17, 15) is 9.59 Å². The Hall–Kier alpha value is -1.10. The second-order valence-corrected chi connectivity index (χ2v) is 3.36. The van der Waals surface area contributed by atoms with Gasteiger partial charge in [-0.15, -0.1) is 0 Å². The number of aryl methyl sites for hydroxylation is 1. The van der Waals surface area contributed by atoms with Crippen LogP contribution in [0.5, 0.6) is 0 Å². The van der Waals surface area contributed by atoms with E-state index in [4.69, 9.17) is 5.11 Å². The van der Waals surface area contributed by atoms with Crippen LogP contribution in [0.2, 0.25) is 0 Å². The van der Waals surface area contributed by atoms with Crippen molar-refractivity contribution >= 4 is 21.9 Å². The first-order chi connectivity index (χ1) is 6.06. The molecule has 70 valence electrons. The molecule has 0 aromatic carbocycles. The summed E-state index contributed by atoms with van der Waals surface area (Å²) in [6.45, 7) is 1.83. The maximum absolute atomic E-state index is 11.0. The number of aromatic amines is 1. The van der Waals surface area contributed by atoms with Gasteiger partial charge < -0.3 is 10.1 Å². The molecule has 0 aliphatic heterocycles. The third-order valence-electron chi connectivity index (χ3n) is 1.67. The Labute approximate surface area is 82.7 Å². The van der Waals surface area contributed by atoms with E-state index in [1.807, 2.05) is 6.92 Å². The number of nitrogens with one attached hydrogen (secondary N) is 1. The van der Waals surface area contributed by atoms with Gasteiger partial charge >= 0.3 is 5.97 Å². The summed E-state index contributed by atoms with van der Waals surface area (Å²) in [5, 5.41) is 8.73. The number of rotatable bonds is 2. The summed E-state index contributed by atoms with van der Waals surface area (Å²) in [5.74, 6) is -1.11. The minimum atomic E-state index is -1.11. The molecule has 1 aromatic rings. The molecule has 0 saturated carbocycles. The number of aromatic nitrogens is 1. The molecule has 0 radical (unpaired) electrons. The average Bonchev–Trinajstić information content (AvgIpc) is 2.08. The van der Waals surface area contributed by atoms with Gasteiger partial charge in [-0.05, 0) is 34.0 Å². The SMILES string of the molecule is CCc1cc(Br)c(=O)[nH]c1C(=O)O. The van der Waals surface area contributed by atoms with Crippen LogP contribution in [0.4, 0.5) is 0 Å². The Bertz CT molecular complexity index is 397. The maximum Gasteiger partial charge on any atom is 0.352 e. The molecule has 1 rings (SSSR count). The number of hydrogen-bond acceptors (Lipinski definition) is 2. The lowest BCUT2D eigenvalue weighted by Gasteiger charge is -2.02. The number of carboxylic acids is 1. The summed E-state index contributed by atoms with van der Waals surface area (Å²) in [5.41, 5.74) is 0.157. The highest BCUT2D eigenvalue weighted by Crippen LogP contribution is 2.10. The summed E-state index contributed by atoms with van der Waals surface area (Å²) >= 11 is 3.03. The monoisotopic (exact) mass is 245 g/mol. The fraction of sp³-hybridized carbons (Fsp3) is 0.250. The summed E-state index contributed by atoms with van der Waals surface area (Å²) in [4.78, 5) is 24.0. The first-order valence-electron chi connectivity index (χ1n) is 3.71. The molecule has 0 aliphatic rings. The predicted molar refractivity (Wildman–Crippen MR) is 51.1 cm³/mol. The lowest BCUT2D eigenvalue weighted by Crippen LogP contribution is -2.16. The van der Waals surface area contributed by atoms with Crippen molar-refractivity contribution in [2.24, 2.45) is 0 Å². The van der Waals surface area contributed by atoms with E-state index in [1.165, 1.54) is 6.07 Å². The molecule has 1 aromatic heterocycles. The van der Waals surface area contributed by atoms with Gasteiger partial charge in [-0.25, -0.2) is 4.79 Å². The van der Waals surface area contributed by atoms with Gasteiger partial charge in [-0.2, -0.15) is 0 Å². The third-order valence-corrected chi connectivity index (χ3v) is 2.26. The van der Waals surface area contributed by atoms with Crippen LogP contribution < -0.4 is 5.56 Å². The van der Waals surface area contributed by atoms with Crippen LogP contribution >= 0.6 is 15.9 Å². The molecular formula is C8H8BrNO3. The van der Waals surface area contributed by atoms with Gasteiger partial charge in [0.15, 0.2) is 0 Å². The van der Waals surface area contributed by atoms with Crippen molar-refractivity contribution in [2.75, 3.05) is 0 Å². The van der Waals surface area contributed by atoms with E-state index in [2.05, 4.69) is 20.9 Å². The Morgan fingerprint density at radius 3 is 2.77 bits per heavy atom. The van der Waals surface area contributed by atoms with Crippen LogP contribution in [0.3, 0.4) is 0 Å². The van der Waals surface area contributed by atoms with Crippen molar-refractivity contribution in [3.63, 3.8) is 0 Å². The Kier molecular flexibility index (Phi) is 2.87. The molecule has 0 unspecified atom stereocenters. The molecule has 0 aliphatic carbocycles. The van der Waals surface area contributed by atoms with Crippen LogP contribution in [-0.4, -0.2) is 16.1 Å². The fourth-order valence-electron chi connectivity index (χ4n) is 1.01. The molecule has 0 amide bonds. The molecule has 5 heteroatoms. The minimum Gasteiger partial charge on any atom is -0.477 e. The molecule has 2 N–H and O–H groups in total. The second kappa shape index (κ2) is 3.74. The van der Waals surface area contributed by atoms with Crippen LogP contribution in [0.15, 0.2) is 15.3 Å². The Morgan fingerprint density at radius 2 is 2.31 bits per heavy atom. The zero-order valence-electron chi connectivity index (χ0n) is 6.93. The largest absolute Gasteiger partial charge is 0.477 e. The average molecular weight is 246 g/mol. The van der Waals surface area contributed by atoms with Crippen LogP contribution in [0.25, 0.3) is 0 Å². The lowest BCUT2D eigenvalue weighted by molar-refractivity contribution is 0.0689. The number of halogens is 1. The van der Waals surface area contributed by atoms with Gasteiger partial charge in [0.2, 0.25) is 0 Å². The summed E-state index contributed by atoms with van der Waals surface area (Å²) in [7, 11) is 0. The van der Waals surface area contributed by atoms with Crippen LogP contribution in [0, 0.1) is 0 Å². The van der Waals surface area contributed by atoms with E-state index >= 15 is 0 Å². The van der Waals surface area contributed by atoms with Gasteiger partial charge in [-0.3, -0.25) is 4.79 Å². The van der Waals surface area contributed by atoms with E-state index in [0.717, 1.165) is 0 Å². The Morgan fingerprint density at radius 1 is 1.69 bits per heavy atom. The molecule has 0 bridgehead atoms. The van der Waals surface area contributed by atoms with Crippen molar-refractivity contribution in [2.45, 2.75) is 13.3 Å². The standard InChI is InChI=1S/C8H8BrNO3/c1-2-4-3-5(9)7(11)10-6(4)8(12)13/h3H,2H2,1H3,(H,10,11)(H,12,13). The molecule has 1 heterocycles. The number of H-pyrrole nitrogens is 1. The summed E-state index contributed by atoms with van der Waals surface area (Å²) in [6, 6.07) is 1.53. The Balaban J connectivity index is 3.42. The third kappa shape index (κ3) is 1.98. The van der Waals surface area contributed by atoms with Gasteiger partial charge in [0, 0.05) is 0 Å². The van der Waals surface area contributed by atoms with Crippen LogP contribution in [-0.2, 0) is 6.42 Å². The normalized spacial score (nSPS) is 10.0. The van der Waals surface area contributed by atoms with Crippen molar-refractivity contribution in [1.82, 2.24) is 4.98 Å². The van der Waals surface area contributed by atoms with Crippen molar-refractivity contribution < 1.29 is 9.90 Å². The van der Waals surface area contributed by atoms with Gasteiger partial charge in [0.25, 0.3) is 5.56 Å². The van der Waals surface area contributed by atoms with E-state index in [1.54, 1.807) is 0 Å². The highest BCUT2D eigenvalue weighted by molar-refractivity contribution is 9.10. The molecule has 0 saturated heterocycles. The number of pyridine rings is 1. The molecule has 0 atom stereocenters. The number of aromatic carboxylic acids is 1. The number of carbonyl (C=O) groups is 1. The molecule has 13 heavy (non-hydrogen) atoms. The zero-order chi connectivity index (χ0) is 10.0. The molecule has 0 fully saturated rings. The van der Waals surface area contributed by atoms with E-state index in [0.29, 0.717) is 16.5 Å². The topological polar surface area (TPSA) is 70.2 Å². The highest BCUT2D eigenvalue weighted by atomic mass is 79.9. The first kappa shape index (κ1) is 9.98. The first-order valence-corrected chi connectivity index (χ1v) is 4.50. The van der Waals surface area contributed by atoms with Crippen molar-refractivity contribution in [3.05, 3.63) is 32.2 Å². The van der Waals surface area contributed by atoms with Gasteiger partial charge in [-0.1, -0.05) is 6.92 Å². The number of hydrogen-bond donors (Lipinski definition) is 2. The predicted octanol–water partition coefficient (Wildman–Crippen LogP) is 1.40. The van der Waals surface area contributed by atoms with Crippen molar-refractivity contribution in [1.29, 1.82) is 0 Å². The van der Waals surface area contributed by atoms with Crippen molar-refractivity contribution in [3.8, 4) is 0 Å². The summed E-state index contributed by atoms with van der Waals surface area (Å²) < 4.78 is 0.356. The number of carboxylic acid groups (broad SMARTS) is 1. The van der Waals surface area contributed by atoms with Gasteiger partial charge in [0.05, 0.1) is 4.47 Å². The summed E-state index contributed by atoms with van der Waals surface area (Å²) in [6.07, 6.45) is 0.566. The maximum atomic E-state index is 11.0. The van der Waals surface area contributed by atoms with Gasteiger partial charge in [0.1, 0.15) is 5.69 Å². The molecular weight excluding hydrogens is 238 g/mol. The molecule has 4 nitrogen and oxygen atoms in total. The van der Waals surface area contributed by atoms with E-state index < -0.39 is 11.5 Å². The minimum absolute atomic E-state index is 0.0318. The fourth-order valence-corrected chi connectivity index (χ4v) is 1.39. The molecule has 0 spiro atoms. The quantitative estimate of drug-likeness (QED) is 0.828. The smallest absolute Gasteiger partial charge is 0.352 e. The highest BCUT2D eigenvalue weighted by Gasteiger charge is 2.11. The van der Waals surface area contributed by atoms with Crippen LogP contribution in [0.1, 0.15) is 23.0 Å². The second-order valence-electron chi connectivity index (χ2n) is 2.51. The van der Waals surface area contributed by atoms with E-state index in [-0.39, 0.29) is 5.69 Å². The zero-order valence-corrected chi connectivity index (χ0v) is 8.51. The lowest BCUT2D eigenvalue weighted by atomic mass is 10.1.